The van der Waals surface area contributed by atoms with Crippen LogP contribution in [0.3, 0.4) is 0 Å². The molecule has 1 aliphatic rings. The Labute approximate surface area is 129 Å². The summed E-state index contributed by atoms with van der Waals surface area (Å²) >= 11 is 0. The van der Waals surface area contributed by atoms with Crippen LogP contribution in [0.5, 0.6) is 5.75 Å². The van der Waals surface area contributed by atoms with E-state index < -0.39 is 0 Å². The minimum Gasteiger partial charge on any atom is -0.494 e. The van der Waals surface area contributed by atoms with Crippen LogP contribution in [0.2, 0.25) is 0 Å². The van der Waals surface area contributed by atoms with Crippen LogP contribution in [0.4, 0.5) is 0 Å². The van der Waals surface area contributed by atoms with Gasteiger partial charge in [0.15, 0.2) is 0 Å². The van der Waals surface area contributed by atoms with Crippen molar-refractivity contribution in [2.45, 2.75) is 52.1 Å². The van der Waals surface area contributed by atoms with E-state index in [1.165, 1.54) is 18.4 Å². The van der Waals surface area contributed by atoms with Crippen molar-refractivity contribution in [2.24, 2.45) is 11.7 Å². The van der Waals surface area contributed by atoms with E-state index in [4.69, 9.17) is 10.5 Å². The summed E-state index contributed by atoms with van der Waals surface area (Å²) in [6, 6.07) is 9.42. The highest BCUT2D eigenvalue weighted by molar-refractivity contribution is 5.29. The lowest BCUT2D eigenvalue weighted by atomic mass is 9.89. The van der Waals surface area contributed by atoms with Gasteiger partial charge < -0.3 is 10.5 Å². The summed E-state index contributed by atoms with van der Waals surface area (Å²) in [5.74, 6) is 1.70. The van der Waals surface area contributed by atoms with Crippen molar-refractivity contribution in [3.8, 4) is 5.75 Å². The Morgan fingerprint density at radius 1 is 1.29 bits per heavy atom. The van der Waals surface area contributed by atoms with Gasteiger partial charge in [0.25, 0.3) is 0 Å². The number of piperidine rings is 1. The van der Waals surface area contributed by atoms with E-state index in [9.17, 15) is 0 Å². The number of nitrogens with two attached hydrogens (primary N) is 1. The predicted molar refractivity (Wildman–Crippen MR) is 88.6 cm³/mol. The molecular weight excluding hydrogens is 260 g/mol. The second kappa shape index (κ2) is 7.81. The van der Waals surface area contributed by atoms with Crippen molar-refractivity contribution in [3.63, 3.8) is 0 Å². The zero-order valence-corrected chi connectivity index (χ0v) is 13.7. The van der Waals surface area contributed by atoms with E-state index in [-0.39, 0.29) is 0 Å². The molecule has 3 heteroatoms. The van der Waals surface area contributed by atoms with E-state index >= 15 is 0 Å². The molecule has 1 fully saturated rings. The summed E-state index contributed by atoms with van der Waals surface area (Å²) in [4.78, 5) is 2.58. The first-order valence-electron chi connectivity index (χ1n) is 8.36. The molecule has 0 aliphatic carbocycles. The maximum absolute atomic E-state index is 6.09. The van der Waals surface area contributed by atoms with Crippen molar-refractivity contribution in [3.05, 3.63) is 29.8 Å². The minimum atomic E-state index is 0.322. The van der Waals surface area contributed by atoms with Crippen molar-refractivity contribution in [1.29, 1.82) is 0 Å². The Bertz CT molecular complexity index is 418. The molecule has 0 saturated carbocycles. The molecule has 0 amide bonds. The van der Waals surface area contributed by atoms with Gasteiger partial charge >= 0.3 is 0 Å². The van der Waals surface area contributed by atoms with Gasteiger partial charge in [-0.2, -0.15) is 0 Å². The van der Waals surface area contributed by atoms with Crippen molar-refractivity contribution in [1.82, 2.24) is 4.90 Å². The van der Waals surface area contributed by atoms with E-state index in [2.05, 4.69) is 49.9 Å². The highest BCUT2D eigenvalue weighted by atomic mass is 16.5. The fraction of sp³-hybridized carbons (Fsp3) is 0.667. The first-order valence-corrected chi connectivity index (χ1v) is 8.36. The smallest absolute Gasteiger partial charge is 0.119 e. The molecule has 3 nitrogen and oxygen atoms in total. The van der Waals surface area contributed by atoms with Crippen LogP contribution in [-0.4, -0.2) is 30.6 Å². The summed E-state index contributed by atoms with van der Waals surface area (Å²) in [5, 5.41) is 0. The molecule has 1 saturated heterocycles. The lowest BCUT2D eigenvalue weighted by molar-refractivity contribution is 0.0709. The van der Waals surface area contributed by atoms with E-state index in [0.717, 1.165) is 31.2 Å². The predicted octanol–water partition coefficient (Wildman–Crippen LogP) is 3.60. The van der Waals surface area contributed by atoms with Crippen LogP contribution in [0, 0.1) is 5.92 Å². The van der Waals surface area contributed by atoms with Crippen LogP contribution in [0.1, 0.15) is 51.6 Å². The van der Waals surface area contributed by atoms with Gasteiger partial charge in [0.1, 0.15) is 5.75 Å². The average Bonchev–Trinajstić information content (AvgIpc) is 2.51. The average molecular weight is 290 g/mol. The summed E-state index contributed by atoms with van der Waals surface area (Å²) in [5.41, 5.74) is 7.40. The van der Waals surface area contributed by atoms with Crippen molar-refractivity contribution in [2.75, 3.05) is 19.7 Å². The summed E-state index contributed by atoms with van der Waals surface area (Å²) < 4.78 is 5.66. The van der Waals surface area contributed by atoms with Gasteiger partial charge in [-0.15, -0.1) is 0 Å². The topological polar surface area (TPSA) is 38.5 Å². The number of ether oxygens (including phenoxy) is 1. The molecule has 1 aliphatic heterocycles. The van der Waals surface area contributed by atoms with Crippen molar-refractivity contribution >= 4 is 0 Å². The molecule has 2 rings (SSSR count). The molecular formula is C18H30N2O. The summed E-state index contributed by atoms with van der Waals surface area (Å²) in [6.07, 6.45) is 3.65. The summed E-state index contributed by atoms with van der Waals surface area (Å²) in [7, 11) is 0. The van der Waals surface area contributed by atoms with Gasteiger partial charge in [-0.25, -0.2) is 0 Å². The number of nitrogens with zero attached hydrogens (tertiary/aromatic N) is 1. The minimum absolute atomic E-state index is 0.322. The third-order valence-corrected chi connectivity index (χ3v) is 4.78. The molecule has 118 valence electrons. The largest absolute Gasteiger partial charge is 0.494 e. The first-order chi connectivity index (χ1) is 10.2. The van der Waals surface area contributed by atoms with Crippen LogP contribution in [-0.2, 0) is 0 Å². The van der Waals surface area contributed by atoms with Gasteiger partial charge in [0.2, 0.25) is 0 Å². The lowest BCUT2D eigenvalue weighted by Crippen LogP contribution is -2.46. The second-order valence-electron chi connectivity index (χ2n) is 6.27. The van der Waals surface area contributed by atoms with Gasteiger partial charge in [0, 0.05) is 18.6 Å². The normalized spacial score (nSPS) is 24.8. The number of hydrogen-bond donors (Lipinski definition) is 1. The molecule has 0 radical (unpaired) electrons. The molecule has 1 aromatic rings. The maximum Gasteiger partial charge on any atom is 0.119 e. The van der Waals surface area contributed by atoms with E-state index in [0.29, 0.717) is 18.6 Å². The quantitative estimate of drug-likeness (QED) is 0.870. The monoisotopic (exact) mass is 290 g/mol. The SMILES string of the molecule is CCCOc1ccc(C(CN)N2CCCC(C)C2C)cc1. The van der Waals surface area contributed by atoms with Crippen LogP contribution in [0.25, 0.3) is 0 Å². The number of rotatable bonds is 6. The first kappa shape index (κ1) is 16.3. The Kier molecular flexibility index (Phi) is 6.07. The van der Waals surface area contributed by atoms with Crippen LogP contribution < -0.4 is 10.5 Å². The van der Waals surface area contributed by atoms with Gasteiger partial charge in [-0.3, -0.25) is 4.90 Å². The van der Waals surface area contributed by atoms with Gasteiger partial charge in [-0.1, -0.05) is 26.0 Å². The van der Waals surface area contributed by atoms with Crippen LogP contribution in [0.15, 0.2) is 24.3 Å². The number of hydrogen-bond acceptors (Lipinski definition) is 3. The molecule has 0 bridgehead atoms. The maximum atomic E-state index is 6.09. The molecule has 3 atom stereocenters. The highest BCUT2D eigenvalue weighted by Crippen LogP contribution is 2.31. The van der Waals surface area contributed by atoms with E-state index in [1.807, 2.05) is 0 Å². The van der Waals surface area contributed by atoms with Gasteiger partial charge in [-0.05, 0) is 56.3 Å². The summed E-state index contributed by atoms with van der Waals surface area (Å²) in [6.45, 7) is 9.42. The molecule has 21 heavy (non-hydrogen) atoms. The second-order valence-corrected chi connectivity index (χ2v) is 6.27. The molecule has 2 N–H and O–H groups in total. The zero-order chi connectivity index (χ0) is 15.2. The molecule has 1 heterocycles. The lowest BCUT2D eigenvalue weighted by Gasteiger charge is -2.42. The Balaban J connectivity index is 2.09. The highest BCUT2D eigenvalue weighted by Gasteiger charge is 2.30. The van der Waals surface area contributed by atoms with Gasteiger partial charge in [0.05, 0.1) is 6.61 Å². The van der Waals surface area contributed by atoms with Crippen LogP contribution >= 0.6 is 0 Å². The van der Waals surface area contributed by atoms with E-state index in [1.54, 1.807) is 0 Å². The molecule has 0 aromatic heterocycles. The zero-order valence-electron chi connectivity index (χ0n) is 13.7. The third-order valence-electron chi connectivity index (χ3n) is 4.78. The fourth-order valence-electron chi connectivity index (χ4n) is 3.28. The standard InChI is InChI=1S/C18H30N2O/c1-4-12-21-17-9-7-16(8-10-17)18(13-19)20-11-5-6-14(2)15(20)3/h7-10,14-15,18H,4-6,11-13,19H2,1-3H3. The Hall–Kier alpha value is -1.06. The number of benzene rings is 1. The van der Waals surface area contributed by atoms with Crippen molar-refractivity contribution < 1.29 is 4.74 Å². The fourth-order valence-corrected chi connectivity index (χ4v) is 3.28. The molecule has 0 spiro atoms. The number of likely N-dealkylation sites (tertiary alicyclic amines) is 1. The third kappa shape index (κ3) is 3.98. The molecule has 3 unspecified atom stereocenters. The Morgan fingerprint density at radius 2 is 2.00 bits per heavy atom. The molecule has 1 aromatic carbocycles. The Morgan fingerprint density at radius 3 is 2.62 bits per heavy atom.